The minimum absolute atomic E-state index is 0.163. The SMILES string of the molecule is CCCC(N)c1c(C)ccc2ccccc12. The van der Waals surface area contributed by atoms with Crippen LogP contribution in [0.3, 0.4) is 0 Å². The molecular weight excluding hydrogens is 194 g/mol. The molecule has 0 bridgehead atoms. The average Bonchev–Trinajstić information content (AvgIpc) is 2.29. The quantitative estimate of drug-likeness (QED) is 0.820. The van der Waals surface area contributed by atoms with Crippen molar-refractivity contribution in [3.63, 3.8) is 0 Å². The van der Waals surface area contributed by atoms with Crippen molar-refractivity contribution < 1.29 is 0 Å². The lowest BCUT2D eigenvalue weighted by Crippen LogP contribution is -2.11. The van der Waals surface area contributed by atoms with E-state index in [2.05, 4.69) is 50.2 Å². The van der Waals surface area contributed by atoms with E-state index in [1.807, 2.05) is 0 Å². The Labute approximate surface area is 97.3 Å². The molecule has 0 heterocycles. The monoisotopic (exact) mass is 213 g/mol. The van der Waals surface area contributed by atoms with Gasteiger partial charge in [-0.25, -0.2) is 0 Å². The van der Waals surface area contributed by atoms with Crippen molar-refractivity contribution in [2.75, 3.05) is 0 Å². The fraction of sp³-hybridized carbons (Fsp3) is 0.333. The molecule has 0 saturated heterocycles. The Kier molecular flexibility index (Phi) is 3.25. The normalized spacial score (nSPS) is 12.9. The zero-order chi connectivity index (χ0) is 11.5. The van der Waals surface area contributed by atoms with E-state index in [1.54, 1.807) is 0 Å². The van der Waals surface area contributed by atoms with Crippen molar-refractivity contribution >= 4 is 10.8 Å². The van der Waals surface area contributed by atoms with E-state index in [4.69, 9.17) is 5.73 Å². The van der Waals surface area contributed by atoms with Gasteiger partial charge in [0, 0.05) is 6.04 Å². The molecule has 0 aliphatic carbocycles. The number of rotatable bonds is 3. The molecule has 2 aromatic rings. The first kappa shape index (κ1) is 11.2. The third-order valence-corrected chi connectivity index (χ3v) is 3.16. The topological polar surface area (TPSA) is 26.0 Å². The summed E-state index contributed by atoms with van der Waals surface area (Å²) >= 11 is 0. The van der Waals surface area contributed by atoms with Gasteiger partial charge in [0.25, 0.3) is 0 Å². The van der Waals surface area contributed by atoms with Gasteiger partial charge < -0.3 is 5.73 Å². The third kappa shape index (κ3) is 1.96. The van der Waals surface area contributed by atoms with Crippen molar-refractivity contribution in [3.05, 3.63) is 47.5 Å². The molecule has 0 aliphatic heterocycles. The highest BCUT2D eigenvalue weighted by Crippen LogP contribution is 2.28. The molecule has 0 saturated carbocycles. The number of fused-ring (bicyclic) bond motifs is 1. The number of nitrogens with two attached hydrogens (primary N) is 1. The standard InChI is InChI=1S/C15H19N/c1-3-6-14(16)15-11(2)9-10-12-7-4-5-8-13(12)15/h4-5,7-10,14H,3,6,16H2,1-2H3. The van der Waals surface area contributed by atoms with Gasteiger partial charge in [0.05, 0.1) is 0 Å². The molecule has 2 N–H and O–H groups in total. The largest absolute Gasteiger partial charge is 0.324 e. The summed E-state index contributed by atoms with van der Waals surface area (Å²) in [6.07, 6.45) is 2.18. The van der Waals surface area contributed by atoms with Gasteiger partial charge in [-0.2, -0.15) is 0 Å². The average molecular weight is 213 g/mol. The molecule has 0 radical (unpaired) electrons. The van der Waals surface area contributed by atoms with Crippen LogP contribution in [0.2, 0.25) is 0 Å². The lowest BCUT2D eigenvalue weighted by atomic mass is 9.92. The van der Waals surface area contributed by atoms with E-state index in [-0.39, 0.29) is 6.04 Å². The Balaban J connectivity index is 2.61. The van der Waals surface area contributed by atoms with Crippen LogP contribution in [0, 0.1) is 6.92 Å². The van der Waals surface area contributed by atoms with E-state index in [0.29, 0.717) is 0 Å². The second-order valence-electron chi connectivity index (χ2n) is 4.41. The maximum absolute atomic E-state index is 6.27. The Morgan fingerprint density at radius 1 is 1.12 bits per heavy atom. The van der Waals surface area contributed by atoms with Crippen molar-refractivity contribution in [2.45, 2.75) is 32.7 Å². The third-order valence-electron chi connectivity index (χ3n) is 3.16. The summed E-state index contributed by atoms with van der Waals surface area (Å²) in [6, 6.07) is 13.0. The highest BCUT2D eigenvalue weighted by atomic mass is 14.6. The van der Waals surface area contributed by atoms with Crippen LogP contribution in [0.4, 0.5) is 0 Å². The van der Waals surface area contributed by atoms with Crippen LogP contribution in [0.25, 0.3) is 10.8 Å². The molecule has 0 fully saturated rings. The zero-order valence-electron chi connectivity index (χ0n) is 10.0. The van der Waals surface area contributed by atoms with E-state index >= 15 is 0 Å². The molecule has 0 spiro atoms. The van der Waals surface area contributed by atoms with Gasteiger partial charge in [0.15, 0.2) is 0 Å². The molecular formula is C15H19N. The first-order valence-electron chi connectivity index (χ1n) is 5.98. The van der Waals surface area contributed by atoms with Gasteiger partial charge >= 0.3 is 0 Å². The lowest BCUT2D eigenvalue weighted by Gasteiger charge is -2.16. The Hall–Kier alpha value is -1.34. The molecule has 84 valence electrons. The van der Waals surface area contributed by atoms with Gasteiger partial charge in [0.2, 0.25) is 0 Å². The van der Waals surface area contributed by atoms with E-state index < -0.39 is 0 Å². The fourth-order valence-electron chi connectivity index (χ4n) is 2.35. The van der Waals surface area contributed by atoms with Crippen LogP contribution < -0.4 is 5.73 Å². The Morgan fingerprint density at radius 2 is 1.88 bits per heavy atom. The smallest absolute Gasteiger partial charge is 0.0303 e. The van der Waals surface area contributed by atoms with Gasteiger partial charge in [-0.3, -0.25) is 0 Å². The number of aryl methyl sites for hydroxylation is 1. The molecule has 1 nitrogen and oxygen atoms in total. The fourth-order valence-corrected chi connectivity index (χ4v) is 2.35. The second kappa shape index (κ2) is 4.67. The number of hydrogen-bond donors (Lipinski definition) is 1. The summed E-state index contributed by atoms with van der Waals surface area (Å²) in [7, 11) is 0. The molecule has 1 heteroatoms. The van der Waals surface area contributed by atoms with E-state index in [1.165, 1.54) is 21.9 Å². The zero-order valence-corrected chi connectivity index (χ0v) is 10.0. The van der Waals surface area contributed by atoms with Crippen LogP contribution >= 0.6 is 0 Å². The summed E-state index contributed by atoms with van der Waals surface area (Å²) in [5.74, 6) is 0. The van der Waals surface area contributed by atoms with Crippen LogP contribution in [-0.4, -0.2) is 0 Å². The summed E-state index contributed by atoms with van der Waals surface area (Å²) in [6.45, 7) is 4.33. The van der Waals surface area contributed by atoms with Gasteiger partial charge in [-0.15, -0.1) is 0 Å². The first-order chi connectivity index (χ1) is 7.74. The number of hydrogen-bond acceptors (Lipinski definition) is 1. The van der Waals surface area contributed by atoms with Crippen LogP contribution in [0.1, 0.15) is 36.9 Å². The predicted octanol–water partition coefficient (Wildman–Crippen LogP) is 3.95. The van der Waals surface area contributed by atoms with Crippen LogP contribution in [0.5, 0.6) is 0 Å². The maximum Gasteiger partial charge on any atom is 0.0303 e. The molecule has 2 rings (SSSR count). The molecule has 0 aromatic heterocycles. The van der Waals surface area contributed by atoms with Crippen molar-refractivity contribution in [2.24, 2.45) is 5.73 Å². The predicted molar refractivity (Wildman–Crippen MR) is 70.5 cm³/mol. The van der Waals surface area contributed by atoms with Crippen LogP contribution in [-0.2, 0) is 0 Å². The van der Waals surface area contributed by atoms with Crippen molar-refractivity contribution in [1.82, 2.24) is 0 Å². The Morgan fingerprint density at radius 3 is 2.62 bits per heavy atom. The summed E-state index contributed by atoms with van der Waals surface area (Å²) < 4.78 is 0. The molecule has 2 aromatic carbocycles. The van der Waals surface area contributed by atoms with E-state index in [9.17, 15) is 0 Å². The van der Waals surface area contributed by atoms with Crippen molar-refractivity contribution in [1.29, 1.82) is 0 Å². The summed E-state index contributed by atoms with van der Waals surface area (Å²) in [4.78, 5) is 0. The highest BCUT2D eigenvalue weighted by molar-refractivity contribution is 5.87. The highest BCUT2D eigenvalue weighted by Gasteiger charge is 2.11. The van der Waals surface area contributed by atoms with E-state index in [0.717, 1.165) is 12.8 Å². The molecule has 1 unspecified atom stereocenters. The van der Waals surface area contributed by atoms with Crippen molar-refractivity contribution in [3.8, 4) is 0 Å². The second-order valence-corrected chi connectivity index (χ2v) is 4.41. The molecule has 0 aliphatic rings. The summed E-state index contributed by atoms with van der Waals surface area (Å²) in [5.41, 5.74) is 8.90. The minimum Gasteiger partial charge on any atom is -0.324 e. The van der Waals surface area contributed by atoms with Gasteiger partial charge in [-0.05, 0) is 35.2 Å². The minimum atomic E-state index is 0.163. The number of benzene rings is 2. The van der Waals surface area contributed by atoms with Crippen LogP contribution in [0.15, 0.2) is 36.4 Å². The molecule has 16 heavy (non-hydrogen) atoms. The lowest BCUT2D eigenvalue weighted by molar-refractivity contribution is 0.639. The van der Waals surface area contributed by atoms with Gasteiger partial charge in [-0.1, -0.05) is 49.7 Å². The summed E-state index contributed by atoms with van der Waals surface area (Å²) in [5, 5.41) is 2.60. The molecule has 0 amide bonds. The maximum atomic E-state index is 6.27. The first-order valence-corrected chi connectivity index (χ1v) is 5.98. The van der Waals surface area contributed by atoms with Gasteiger partial charge in [0.1, 0.15) is 0 Å². The Bertz CT molecular complexity index is 488. The molecule has 1 atom stereocenters.